The summed E-state index contributed by atoms with van der Waals surface area (Å²) in [5.41, 5.74) is 6.28. The molecule has 0 bridgehead atoms. The number of benzene rings is 4. The van der Waals surface area contributed by atoms with Gasteiger partial charge in [-0.2, -0.15) is 0 Å². The number of fused-ring (bicyclic) bond motifs is 1. The lowest BCUT2D eigenvalue weighted by Gasteiger charge is -2.24. The van der Waals surface area contributed by atoms with Crippen LogP contribution in [0.5, 0.6) is 0 Å². The van der Waals surface area contributed by atoms with Crippen LogP contribution in [0.4, 0.5) is 5.69 Å². The zero-order valence-corrected chi connectivity index (χ0v) is 29.6. The van der Waals surface area contributed by atoms with Crippen molar-refractivity contribution in [3.8, 4) is 28.2 Å². The van der Waals surface area contributed by atoms with E-state index in [9.17, 15) is 19.7 Å². The number of hydrogen-bond donors (Lipinski definition) is 0. The lowest BCUT2D eigenvalue weighted by molar-refractivity contribution is -0.384. The first-order valence-electron chi connectivity index (χ1n) is 16.2. The second-order valence-electron chi connectivity index (χ2n) is 11.7. The Morgan fingerprint density at radius 3 is 2.22 bits per heavy atom. The number of aromatic nitrogens is 2. The van der Waals surface area contributed by atoms with Crippen LogP contribution in [0.15, 0.2) is 141 Å². The molecule has 0 unspecified atom stereocenters. The van der Waals surface area contributed by atoms with Gasteiger partial charge >= 0.3 is 5.97 Å². The van der Waals surface area contributed by atoms with Crippen LogP contribution in [0.25, 0.3) is 34.3 Å². The maximum Gasteiger partial charge on any atom is 0.338 e. The van der Waals surface area contributed by atoms with Gasteiger partial charge in [-0.1, -0.05) is 84.1 Å². The third-order valence-corrected chi connectivity index (χ3v) is 10.4. The predicted octanol–water partition coefficient (Wildman–Crippen LogP) is 7.55. The number of carbonyl (C=O) groups is 1. The SMILES string of the molecule is CCOC(=O)C1=C(C)N=c2s/c(=C\c3cc(-c4ccccc4)n(-c4ccc([N+](=O)[O-])cc4)c3-c3ccccc3)c(=O)n2[C@H]1c1ccc(SC)cc1. The molecule has 0 saturated heterocycles. The first kappa shape index (κ1) is 33.7. The van der Waals surface area contributed by atoms with Gasteiger partial charge in [-0.15, -0.1) is 11.8 Å². The Kier molecular flexibility index (Phi) is 9.40. The molecule has 254 valence electrons. The van der Waals surface area contributed by atoms with E-state index in [0.29, 0.717) is 20.6 Å². The van der Waals surface area contributed by atoms with Crippen LogP contribution in [0.2, 0.25) is 0 Å². The minimum absolute atomic E-state index is 0.00937. The molecule has 1 aliphatic rings. The van der Waals surface area contributed by atoms with Crippen molar-refractivity contribution < 1.29 is 14.5 Å². The van der Waals surface area contributed by atoms with Gasteiger partial charge in [0.05, 0.1) is 44.8 Å². The van der Waals surface area contributed by atoms with Crippen molar-refractivity contribution in [2.45, 2.75) is 24.8 Å². The molecule has 0 saturated carbocycles. The molecular weight excluding hydrogens is 681 g/mol. The van der Waals surface area contributed by atoms with Crippen LogP contribution < -0.4 is 14.9 Å². The minimum Gasteiger partial charge on any atom is -0.463 e. The Balaban J connectivity index is 1.49. The molecule has 9 nitrogen and oxygen atoms in total. The van der Waals surface area contributed by atoms with E-state index in [4.69, 9.17) is 9.73 Å². The topological polar surface area (TPSA) is 109 Å². The van der Waals surface area contributed by atoms with Gasteiger partial charge < -0.3 is 9.30 Å². The monoisotopic (exact) mass is 712 g/mol. The molecular formula is C40H32N4O5S2. The second-order valence-corrected chi connectivity index (χ2v) is 13.6. The molecule has 51 heavy (non-hydrogen) atoms. The van der Waals surface area contributed by atoms with Gasteiger partial charge in [-0.3, -0.25) is 19.5 Å². The number of hydrogen-bond acceptors (Lipinski definition) is 8. The number of rotatable bonds is 9. The molecule has 4 aromatic carbocycles. The largest absolute Gasteiger partial charge is 0.463 e. The average Bonchev–Trinajstić information content (AvgIpc) is 3.68. The molecule has 11 heteroatoms. The Hall–Kier alpha value is -5.78. The van der Waals surface area contributed by atoms with Crippen LogP contribution >= 0.6 is 23.1 Å². The number of nitro groups is 1. The highest BCUT2D eigenvalue weighted by Gasteiger charge is 2.33. The quantitative estimate of drug-likeness (QED) is 0.0663. The van der Waals surface area contributed by atoms with Crippen molar-refractivity contribution >= 4 is 40.8 Å². The highest BCUT2D eigenvalue weighted by Crippen LogP contribution is 2.37. The summed E-state index contributed by atoms with van der Waals surface area (Å²) in [6.45, 7) is 3.72. The summed E-state index contributed by atoms with van der Waals surface area (Å²) in [5, 5.41) is 11.5. The van der Waals surface area contributed by atoms with Gasteiger partial charge in [-0.25, -0.2) is 9.79 Å². The molecule has 2 aromatic heterocycles. The molecule has 7 rings (SSSR count). The summed E-state index contributed by atoms with van der Waals surface area (Å²) in [4.78, 5) is 45.4. The van der Waals surface area contributed by atoms with Gasteiger partial charge in [0, 0.05) is 28.3 Å². The number of ether oxygens (including phenoxy) is 1. The Morgan fingerprint density at radius 1 is 0.961 bits per heavy atom. The van der Waals surface area contributed by atoms with E-state index in [0.717, 1.165) is 44.2 Å². The average molecular weight is 713 g/mol. The van der Waals surface area contributed by atoms with Crippen LogP contribution in [0.1, 0.15) is 31.0 Å². The molecule has 0 aliphatic carbocycles. The molecule has 1 atom stereocenters. The zero-order chi connectivity index (χ0) is 35.6. The lowest BCUT2D eigenvalue weighted by Crippen LogP contribution is -2.39. The second kappa shape index (κ2) is 14.2. The van der Waals surface area contributed by atoms with Gasteiger partial charge in [0.2, 0.25) is 0 Å². The standard InChI is InChI=1S/C40H32N4O5S2/c1-4-49-39(46)35-25(2)41-40-43(37(35)28-15-21-32(50-3)22-16-28)38(45)34(51-40)24-29-23-33(26-11-7-5-8-12-26)42(36(29)27-13-9-6-10-14-27)30-17-19-31(20-18-30)44(47)48/h5-24,37H,4H2,1-3H3/b34-24-/t37-/m0/s1. The highest BCUT2D eigenvalue weighted by molar-refractivity contribution is 7.98. The summed E-state index contributed by atoms with van der Waals surface area (Å²) < 4.78 is 9.57. The third-order valence-electron chi connectivity index (χ3n) is 8.70. The number of nitrogens with zero attached hydrogens (tertiary/aromatic N) is 4. The number of nitro benzene ring substituents is 1. The highest BCUT2D eigenvalue weighted by atomic mass is 32.2. The van der Waals surface area contributed by atoms with Crippen LogP contribution in [-0.4, -0.2) is 32.9 Å². The maximum atomic E-state index is 14.6. The number of esters is 1. The lowest BCUT2D eigenvalue weighted by atomic mass is 9.96. The summed E-state index contributed by atoms with van der Waals surface area (Å²) in [7, 11) is 0. The van der Waals surface area contributed by atoms with Gasteiger partial charge in [0.15, 0.2) is 4.80 Å². The Labute approximate surface area is 301 Å². The van der Waals surface area contributed by atoms with E-state index in [1.807, 2.05) is 103 Å². The van der Waals surface area contributed by atoms with Crippen LogP contribution in [0.3, 0.4) is 0 Å². The summed E-state index contributed by atoms with van der Waals surface area (Å²) >= 11 is 2.87. The maximum absolute atomic E-state index is 14.6. The zero-order valence-electron chi connectivity index (χ0n) is 28.0. The smallest absolute Gasteiger partial charge is 0.338 e. The van der Waals surface area contributed by atoms with E-state index in [1.54, 1.807) is 42.3 Å². The third kappa shape index (κ3) is 6.37. The Bertz CT molecular complexity index is 2480. The number of non-ortho nitro benzene ring substituents is 1. The van der Waals surface area contributed by atoms with Gasteiger partial charge in [0.25, 0.3) is 11.2 Å². The van der Waals surface area contributed by atoms with Crippen molar-refractivity contribution in [2.24, 2.45) is 4.99 Å². The van der Waals surface area contributed by atoms with Crippen molar-refractivity contribution in [3.63, 3.8) is 0 Å². The molecule has 0 spiro atoms. The fourth-order valence-corrected chi connectivity index (χ4v) is 7.82. The Morgan fingerprint density at radius 2 is 1.61 bits per heavy atom. The van der Waals surface area contributed by atoms with Crippen molar-refractivity contribution in [1.29, 1.82) is 0 Å². The number of carbonyl (C=O) groups excluding carboxylic acids is 1. The molecule has 1 aliphatic heterocycles. The molecule has 6 aromatic rings. The van der Waals surface area contributed by atoms with Crippen LogP contribution in [-0.2, 0) is 9.53 Å². The van der Waals surface area contributed by atoms with E-state index < -0.39 is 16.9 Å². The van der Waals surface area contributed by atoms with Gasteiger partial charge in [0.1, 0.15) is 0 Å². The molecule has 0 N–H and O–H groups in total. The minimum atomic E-state index is -0.725. The van der Waals surface area contributed by atoms with Crippen LogP contribution in [0, 0.1) is 10.1 Å². The first-order valence-corrected chi connectivity index (χ1v) is 18.3. The normalized spacial score (nSPS) is 14.3. The van der Waals surface area contributed by atoms with E-state index in [1.165, 1.54) is 23.5 Å². The number of thiazole rings is 1. The molecule has 0 amide bonds. The summed E-state index contributed by atoms with van der Waals surface area (Å²) in [6.07, 6.45) is 3.87. The molecule has 3 heterocycles. The first-order chi connectivity index (χ1) is 24.8. The van der Waals surface area contributed by atoms with E-state index in [-0.39, 0.29) is 17.9 Å². The number of thioether (sulfide) groups is 1. The van der Waals surface area contributed by atoms with Crippen molar-refractivity contribution in [2.75, 3.05) is 12.9 Å². The molecule has 0 radical (unpaired) electrons. The van der Waals surface area contributed by atoms with E-state index in [2.05, 4.69) is 4.57 Å². The van der Waals surface area contributed by atoms with Gasteiger partial charge in [-0.05, 0) is 73.2 Å². The van der Waals surface area contributed by atoms with E-state index >= 15 is 0 Å². The van der Waals surface area contributed by atoms with Crippen molar-refractivity contribution in [3.05, 3.63) is 167 Å². The fourth-order valence-electron chi connectivity index (χ4n) is 6.38. The number of allylic oxidation sites excluding steroid dienone is 1. The summed E-state index contributed by atoms with van der Waals surface area (Å²) in [6, 6.07) is 35.3. The fraction of sp³-hybridized carbons (Fsp3) is 0.125. The summed E-state index contributed by atoms with van der Waals surface area (Å²) in [5.74, 6) is -0.508. The molecule has 0 fully saturated rings. The predicted molar refractivity (Wildman–Crippen MR) is 202 cm³/mol. The van der Waals surface area contributed by atoms with Crippen molar-refractivity contribution in [1.82, 2.24) is 9.13 Å².